The van der Waals surface area contributed by atoms with E-state index in [1.54, 1.807) is 30.3 Å². The molecule has 0 aliphatic carbocycles. The number of H-pyrrole nitrogens is 1. The number of benzene rings is 3. The summed E-state index contributed by atoms with van der Waals surface area (Å²) in [5.41, 5.74) is 2.03. The molecule has 5 aromatic rings. The average Bonchev–Trinajstić information content (AvgIpc) is 3.26. The topological polar surface area (TPSA) is 67.8 Å². The number of rotatable bonds is 3. The molecule has 2 aromatic heterocycles. The number of halogens is 2. The highest BCUT2D eigenvalue weighted by Crippen LogP contribution is 2.36. The first kappa shape index (κ1) is 18.5. The molecule has 30 heavy (non-hydrogen) atoms. The second-order valence-corrected chi connectivity index (χ2v) is 8.73. The molecule has 0 amide bonds. The molecule has 0 aliphatic rings. The monoisotopic (exact) mass is 423 g/mol. The third kappa shape index (κ3) is 2.57. The van der Waals surface area contributed by atoms with E-state index >= 15 is 4.39 Å². The maximum absolute atomic E-state index is 15.4. The van der Waals surface area contributed by atoms with Crippen molar-refractivity contribution < 1.29 is 17.2 Å². The summed E-state index contributed by atoms with van der Waals surface area (Å²) in [5.74, 6) is -1.70. The quantitative estimate of drug-likeness (QED) is 0.444. The number of nitrogens with one attached hydrogen (secondary N) is 1. The van der Waals surface area contributed by atoms with E-state index in [1.165, 1.54) is 24.3 Å². The lowest BCUT2D eigenvalue weighted by Crippen LogP contribution is -2.14. The molecule has 0 saturated heterocycles. The lowest BCUT2D eigenvalue weighted by molar-refractivity contribution is 0.556. The van der Waals surface area contributed by atoms with E-state index in [0.29, 0.717) is 15.2 Å². The number of aryl methyl sites for hydroxylation is 1. The van der Waals surface area contributed by atoms with Crippen molar-refractivity contribution in [1.29, 1.82) is 0 Å². The Morgan fingerprint density at radius 3 is 2.33 bits per heavy atom. The molecule has 2 heterocycles. The largest absolute Gasteiger partial charge is 0.352 e. The number of aromatic nitrogens is 3. The summed E-state index contributed by atoms with van der Waals surface area (Å²) in [4.78, 5) is 2.95. The fourth-order valence-corrected chi connectivity index (χ4v) is 5.00. The summed E-state index contributed by atoms with van der Waals surface area (Å²) in [6.07, 6.45) is 0. The van der Waals surface area contributed by atoms with Crippen LogP contribution in [-0.2, 0) is 10.0 Å². The molecule has 0 bridgehead atoms. The third-order valence-corrected chi connectivity index (χ3v) is 6.76. The van der Waals surface area contributed by atoms with E-state index < -0.39 is 21.8 Å². The molecular formula is C22H15F2N3O2S. The van der Waals surface area contributed by atoms with Crippen molar-refractivity contribution in [3.8, 4) is 11.3 Å². The molecular weight excluding hydrogens is 408 g/mol. The molecule has 5 rings (SSSR count). The van der Waals surface area contributed by atoms with Crippen molar-refractivity contribution in [2.75, 3.05) is 0 Å². The first-order valence-corrected chi connectivity index (χ1v) is 10.6. The molecule has 150 valence electrons. The fourth-order valence-electron chi connectivity index (χ4n) is 3.70. The summed E-state index contributed by atoms with van der Waals surface area (Å²) in [6, 6.07) is 17.8. The van der Waals surface area contributed by atoms with Crippen molar-refractivity contribution in [3.05, 3.63) is 84.1 Å². The maximum Gasteiger partial charge on any atom is 0.283 e. The van der Waals surface area contributed by atoms with Gasteiger partial charge in [-0.3, -0.25) is 0 Å². The second-order valence-electron chi connectivity index (χ2n) is 6.96. The fraction of sp³-hybridized carbons (Fsp3) is 0.0455. The summed E-state index contributed by atoms with van der Waals surface area (Å²) < 4.78 is 56.9. The van der Waals surface area contributed by atoms with Crippen LogP contribution < -0.4 is 0 Å². The average molecular weight is 423 g/mol. The molecule has 0 spiro atoms. The minimum absolute atomic E-state index is 0.0295. The Bertz CT molecular complexity index is 1540. The second kappa shape index (κ2) is 6.50. The molecule has 0 fully saturated rings. The molecule has 5 nitrogen and oxygen atoms in total. The first-order chi connectivity index (χ1) is 14.4. The van der Waals surface area contributed by atoms with E-state index in [2.05, 4.69) is 10.1 Å². The summed E-state index contributed by atoms with van der Waals surface area (Å²) >= 11 is 0. The number of nitrogens with zero attached hydrogens (tertiary/aromatic N) is 2. The van der Waals surface area contributed by atoms with Gasteiger partial charge < -0.3 is 4.98 Å². The minimum Gasteiger partial charge on any atom is -0.352 e. The van der Waals surface area contributed by atoms with E-state index in [1.807, 2.05) is 19.1 Å². The molecule has 1 N–H and O–H groups in total. The Morgan fingerprint density at radius 2 is 1.60 bits per heavy atom. The van der Waals surface area contributed by atoms with E-state index in [0.717, 1.165) is 5.56 Å². The Balaban J connectivity index is 1.82. The van der Waals surface area contributed by atoms with Gasteiger partial charge in [0, 0.05) is 11.1 Å². The van der Waals surface area contributed by atoms with Crippen LogP contribution in [0.15, 0.2) is 71.6 Å². The van der Waals surface area contributed by atoms with Gasteiger partial charge in [0.1, 0.15) is 0 Å². The molecule has 8 heteroatoms. The Hall–Kier alpha value is -3.52. The van der Waals surface area contributed by atoms with Crippen LogP contribution in [0.5, 0.6) is 0 Å². The smallest absolute Gasteiger partial charge is 0.283 e. The van der Waals surface area contributed by atoms with E-state index in [9.17, 15) is 12.8 Å². The zero-order valence-electron chi connectivity index (χ0n) is 15.7. The maximum atomic E-state index is 15.4. The summed E-state index contributed by atoms with van der Waals surface area (Å²) in [6.45, 7) is 1.85. The zero-order valence-corrected chi connectivity index (χ0v) is 16.5. The van der Waals surface area contributed by atoms with Crippen molar-refractivity contribution in [2.24, 2.45) is 0 Å². The van der Waals surface area contributed by atoms with Gasteiger partial charge in [0.2, 0.25) is 5.95 Å². The molecule has 0 aliphatic heterocycles. The van der Waals surface area contributed by atoms with Gasteiger partial charge >= 0.3 is 0 Å². The van der Waals surface area contributed by atoms with Crippen LogP contribution in [0.1, 0.15) is 5.56 Å². The molecule has 0 unspecified atom stereocenters. The lowest BCUT2D eigenvalue weighted by atomic mass is 10.0. The molecule has 0 atom stereocenters. The standard InChI is InChI=1S/C22H15F2N3O2S/c1-13-7-5-6-10-15(13)21-20(23)18-16(25-21)11-12-17-19(18)22(24)26-27(17)30(28,29)14-8-3-2-4-9-14/h2-12,25H,1H3. The summed E-state index contributed by atoms with van der Waals surface area (Å²) in [7, 11) is -4.15. The molecule has 3 aromatic carbocycles. The van der Waals surface area contributed by atoms with Gasteiger partial charge in [0.05, 0.1) is 26.9 Å². The van der Waals surface area contributed by atoms with Crippen LogP contribution >= 0.6 is 0 Å². The normalized spacial score (nSPS) is 12.1. The van der Waals surface area contributed by atoms with Crippen molar-refractivity contribution in [2.45, 2.75) is 11.8 Å². The van der Waals surface area contributed by atoms with Crippen molar-refractivity contribution >= 4 is 31.8 Å². The van der Waals surface area contributed by atoms with Gasteiger partial charge in [-0.1, -0.05) is 42.5 Å². The lowest BCUT2D eigenvalue weighted by Gasteiger charge is -2.05. The van der Waals surface area contributed by atoms with Gasteiger partial charge in [0.15, 0.2) is 5.82 Å². The molecule has 0 radical (unpaired) electrons. The van der Waals surface area contributed by atoms with Crippen LogP contribution in [0, 0.1) is 18.7 Å². The highest BCUT2D eigenvalue weighted by atomic mass is 32.2. The predicted molar refractivity (Wildman–Crippen MR) is 111 cm³/mol. The van der Waals surface area contributed by atoms with Crippen LogP contribution in [0.2, 0.25) is 0 Å². The number of fused-ring (bicyclic) bond motifs is 3. The first-order valence-electron chi connectivity index (χ1n) is 9.14. The van der Waals surface area contributed by atoms with Crippen LogP contribution in [0.25, 0.3) is 33.1 Å². The Labute approximate surface area is 170 Å². The van der Waals surface area contributed by atoms with Gasteiger partial charge in [-0.05, 0) is 36.8 Å². The number of aromatic amines is 1. The highest BCUT2D eigenvalue weighted by Gasteiger charge is 2.27. The zero-order chi connectivity index (χ0) is 21.0. The van der Waals surface area contributed by atoms with Gasteiger partial charge in [-0.15, -0.1) is 5.10 Å². The summed E-state index contributed by atoms with van der Waals surface area (Å²) in [5, 5.41) is 3.40. The van der Waals surface area contributed by atoms with Crippen molar-refractivity contribution in [3.63, 3.8) is 0 Å². The van der Waals surface area contributed by atoms with Gasteiger partial charge in [-0.2, -0.15) is 16.9 Å². The molecule has 0 saturated carbocycles. The Morgan fingerprint density at radius 1 is 0.900 bits per heavy atom. The van der Waals surface area contributed by atoms with Crippen molar-refractivity contribution in [1.82, 2.24) is 14.2 Å². The van der Waals surface area contributed by atoms with Gasteiger partial charge in [0.25, 0.3) is 10.0 Å². The van der Waals surface area contributed by atoms with Gasteiger partial charge in [-0.25, -0.2) is 4.39 Å². The number of hydrogen-bond donors (Lipinski definition) is 1. The Kier molecular flexibility index (Phi) is 4.01. The highest BCUT2D eigenvalue weighted by molar-refractivity contribution is 7.90. The predicted octanol–water partition coefficient (Wildman–Crippen LogP) is 5.01. The van der Waals surface area contributed by atoms with E-state index in [4.69, 9.17) is 0 Å². The minimum atomic E-state index is -4.15. The van der Waals surface area contributed by atoms with E-state index in [-0.39, 0.29) is 26.9 Å². The van der Waals surface area contributed by atoms with Crippen LogP contribution in [0.4, 0.5) is 8.78 Å². The SMILES string of the molecule is Cc1ccccc1-c1[nH]c2ccc3c(c(F)nn3S(=O)(=O)c3ccccc3)c2c1F. The van der Waals surface area contributed by atoms with Crippen LogP contribution in [-0.4, -0.2) is 22.6 Å². The third-order valence-electron chi connectivity index (χ3n) is 5.16. The number of hydrogen-bond acceptors (Lipinski definition) is 3. The van der Waals surface area contributed by atoms with Crippen LogP contribution in [0.3, 0.4) is 0 Å².